The minimum atomic E-state index is 1.09. The van der Waals surface area contributed by atoms with Gasteiger partial charge in [0.2, 0.25) is 0 Å². The Morgan fingerprint density at radius 3 is 1.40 bits per heavy atom. The van der Waals surface area contributed by atoms with E-state index in [2.05, 4.69) is 229 Å². The fraction of sp³-hybridized carbons (Fsp3) is 0. The Kier molecular flexibility index (Phi) is 8.66. The van der Waals surface area contributed by atoms with Crippen LogP contribution in [-0.2, 0) is 0 Å². The first-order valence-electron chi connectivity index (χ1n) is 18.2. The van der Waals surface area contributed by atoms with Crippen molar-refractivity contribution in [1.82, 2.24) is 0 Å². The predicted octanol–water partition coefficient (Wildman–Crippen LogP) is 14.6. The van der Waals surface area contributed by atoms with Gasteiger partial charge in [-0.1, -0.05) is 194 Å². The van der Waals surface area contributed by atoms with Crippen molar-refractivity contribution in [2.75, 3.05) is 4.90 Å². The molecule has 53 heavy (non-hydrogen) atoms. The minimum Gasteiger partial charge on any atom is -0.310 e. The first-order valence-corrected chi connectivity index (χ1v) is 18.2. The second-order valence-electron chi connectivity index (χ2n) is 13.3. The van der Waals surface area contributed by atoms with Crippen LogP contribution in [0.2, 0.25) is 0 Å². The number of hydrogen-bond donors (Lipinski definition) is 0. The van der Waals surface area contributed by atoms with Gasteiger partial charge >= 0.3 is 0 Å². The molecule has 9 aromatic carbocycles. The number of rotatable bonds is 8. The summed E-state index contributed by atoms with van der Waals surface area (Å²) in [5.74, 6) is 0. The Bertz CT molecular complexity index is 2670. The lowest BCUT2D eigenvalue weighted by Crippen LogP contribution is -2.11. The van der Waals surface area contributed by atoms with Crippen LogP contribution in [0, 0.1) is 0 Å². The molecule has 0 aliphatic heterocycles. The predicted molar refractivity (Wildman–Crippen MR) is 226 cm³/mol. The van der Waals surface area contributed by atoms with E-state index in [1.807, 2.05) is 0 Å². The fourth-order valence-corrected chi connectivity index (χ4v) is 7.61. The van der Waals surface area contributed by atoms with Gasteiger partial charge in [0.05, 0.1) is 5.69 Å². The van der Waals surface area contributed by atoms with Crippen molar-refractivity contribution in [2.24, 2.45) is 0 Å². The lowest BCUT2D eigenvalue weighted by Gasteiger charge is -2.29. The smallest absolute Gasteiger partial charge is 0.0540 e. The Balaban J connectivity index is 1.26. The number of nitrogens with zero attached hydrogens (tertiary/aromatic N) is 1. The van der Waals surface area contributed by atoms with E-state index in [4.69, 9.17) is 0 Å². The highest BCUT2D eigenvalue weighted by Crippen LogP contribution is 2.46. The summed E-state index contributed by atoms with van der Waals surface area (Å²) in [5.41, 5.74) is 15.2. The van der Waals surface area contributed by atoms with Crippen LogP contribution in [0.1, 0.15) is 0 Å². The zero-order chi connectivity index (χ0) is 35.4. The van der Waals surface area contributed by atoms with Crippen LogP contribution in [0.4, 0.5) is 17.1 Å². The van der Waals surface area contributed by atoms with Crippen molar-refractivity contribution < 1.29 is 0 Å². The van der Waals surface area contributed by atoms with Crippen LogP contribution >= 0.6 is 0 Å². The summed E-state index contributed by atoms with van der Waals surface area (Å²) in [5, 5.41) is 2.48. The molecule has 0 aliphatic carbocycles. The van der Waals surface area contributed by atoms with Gasteiger partial charge in [-0.15, -0.1) is 0 Å². The SMILES string of the molecule is c1ccc(-c2cccc(N(c3cccc(-c4cccc5ccccc45)c3)c3ccccc3-c3ccccc3-c3ccccc3-c3ccccc3)c2)cc1. The molecule has 250 valence electrons. The molecule has 0 fully saturated rings. The fourth-order valence-electron chi connectivity index (χ4n) is 7.61. The highest BCUT2D eigenvalue weighted by molar-refractivity contribution is 6.00. The largest absolute Gasteiger partial charge is 0.310 e. The topological polar surface area (TPSA) is 3.24 Å². The van der Waals surface area contributed by atoms with Crippen molar-refractivity contribution >= 4 is 27.8 Å². The number of anilines is 3. The number of fused-ring (bicyclic) bond motifs is 1. The third-order valence-electron chi connectivity index (χ3n) is 10.1. The summed E-state index contributed by atoms with van der Waals surface area (Å²) in [6.45, 7) is 0. The molecule has 0 heterocycles. The molecule has 9 rings (SSSR count). The average Bonchev–Trinajstić information content (AvgIpc) is 3.25. The molecule has 0 saturated carbocycles. The van der Waals surface area contributed by atoms with Gasteiger partial charge in [0.15, 0.2) is 0 Å². The third-order valence-corrected chi connectivity index (χ3v) is 10.1. The molecule has 0 radical (unpaired) electrons. The first kappa shape index (κ1) is 32.0. The van der Waals surface area contributed by atoms with Crippen molar-refractivity contribution in [3.05, 3.63) is 224 Å². The van der Waals surface area contributed by atoms with E-state index in [1.165, 1.54) is 60.8 Å². The summed E-state index contributed by atoms with van der Waals surface area (Å²) in [7, 11) is 0. The van der Waals surface area contributed by atoms with Crippen LogP contribution in [0.25, 0.3) is 66.4 Å². The monoisotopic (exact) mass is 675 g/mol. The molecule has 1 nitrogen and oxygen atoms in total. The lowest BCUT2D eigenvalue weighted by molar-refractivity contribution is 1.28. The molecular weight excluding hydrogens is 639 g/mol. The van der Waals surface area contributed by atoms with Gasteiger partial charge in [-0.2, -0.15) is 0 Å². The summed E-state index contributed by atoms with van der Waals surface area (Å²) in [6.07, 6.45) is 0. The van der Waals surface area contributed by atoms with E-state index in [0.717, 1.165) is 22.6 Å². The van der Waals surface area contributed by atoms with E-state index < -0.39 is 0 Å². The number of benzene rings is 9. The van der Waals surface area contributed by atoms with Crippen LogP contribution in [0.5, 0.6) is 0 Å². The highest BCUT2D eigenvalue weighted by Gasteiger charge is 2.21. The van der Waals surface area contributed by atoms with Crippen LogP contribution in [0.15, 0.2) is 224 Å². The Labute approximate surface area is 311 Å². The van der Waals surface area contributed by atoms with E-state index in [-0.39, 0.29) is 0 Å². The molecular formula is C52H37N. The Morgan fingerprint density at radius 2 is 0.679 bits per heavy atom. The normalized spacial score (nSPS) is 11.0. The molecule has 0 aromatic heterocycles. The van der Waals surface area contributed by atoms with Crippen molar-refractivity contribution in [3.8, 4) is 55.6 Å². The molecule has 0 saturated heterocycles. The van der Waals surface area contributed by atoms with E-state index in [0.29, 0.717) is 0 Å². The first-order chi connectivity index (χ1) is 26.3. The molecule has 0 amide bonds. The van der Waals surface area contributed by atoms with Gasteiger partial charge in [0.25, 0.3) is 0 Å². The van der Waals surface area contributed by atoms with Crippen molar-refractivity contribution in [3.63, 3.8) is 0 Å². The highest BCUT2D eigenvalue weighted by atomic mass is 15.1. The maximum Gasteiger partial charge on any atom is 0.0540 e. The van der Waals surface area contributed by atoms with E-state index >= 15 is 0 Å². The lowest BCUT2D eigenvalue weighted by atomic mass is 9.88. The van der Waals surface area contributed by atoms with Gasteiger partial charge < -0.3 is 4.90 Å². The van der Waals surface area contributed by atoms with Crippen LogP contribution in [-0.4, -0.2) is 0 Å². The minimum absolute atomic E-state index is 1.09. The van der Waals surface area contributed by atoms with E-state index in [1.54, 1.807) is 0 Å². The van der Waals surface area contributed by atoms with Crippen LogP contribution < -0.4 is 4.90 Å². The number of hydrogen-bond acceptors (Lipinski definition) is 1. The molecule has 0 spiro atoms. The summed E-state index contributed by atoms with van der Waals surface area (Å²) >= 11 is 0. The summed E-state index contributed by atoms with van der Waals surface area (Å²) < 4.78 is 0. The Hall–Kier alpha value is -6.96. The zero-order valence-electron chi connectivity index (χ0n) is 29.3. The third kappa shape index (κ3) is 6.30. The van der Waals surface area contributed by atoms with Crippen molar-refractivity contribution in [1.29, 1.82) is 0 Å². The number of para-hydroxylation sites is 1. The summed E-state index contributed by atoms with van der Waals surface area (Å²) in [6, 6.07) is 80.9. The maximum atomic E-state index is 2.43. The van der Waals surface area contributed by atoms with Crippen LogP contribution in [0.3, 0.4) is 0 Å². The molecule has 0 atom stereocenters. The maximum absolute atomic E-state index is 2.43. The van der Waals surface area contributed by atoms with Gasteiger partial charge in [-0.3, -0.25) is 0 Å². The van der Waals surface area contributed by atoms with Gasteiger partial charge in [-0.25, -0.2) is 0 Å². The Morgan fingerprint density at radius 1 is 0.245 bits per heavy atom. The zero-order valence-corrected chi connectivity index (χ0v) is 29.3. The van der Waals surface area contributed by atoms with Gasteiger partial charge in [0.1, 0.15) is 0 Å². The standard InChI is InChI=1S/C52H37N/c1-3-18-38(19-4-1)41-24-15-26-43(36-41)53(44-27-16-25-42(37-44)47-34-17-23-40-22-7-8-28-45(40)47)52-35-14-13-33-51(52)50-32-12-11-31-49(50)48-30-10-9-29-46(48)39-20-5-2-6-21-39/h1-37H. The molecule has 0 unspecified atom stereocenters. The summed E-state index contributed by atoms with van der Waals surface area (Å²) in [4.78, 5) is 2.43. The quantitative estimate of drug-likeness (QED) is 0.155. The van der Waals surface area contributed by atoms with Gasteiger partial charge in [0, 0.05) is 16.9 Å². The molecule has 0 aliphatic rings. The molecule has 0 N–H and O–H groups in total. The molecule has 0 bridgehead atoms. The molecule has 1 heteroatoms. The van der Waals surface area contributed by atoms with Crippen molar-refractivity contribution in [2.45, 2.75) is 0 Å². The second-order valence-corrected chi connectivity index (χ2v) is 13.3. The van der Waals surface area contributed by atoms with E-state index in [9.17, 15) is 0 Å². The molecule has 9 aromatic rings. The van der Waals surface area contributed by atoms with Gasteiger partial charge in [-0.05, 0) is 91.2 Å². The average molecular weight is 676 g/mol. The second kappa shape index (κ2) is 14.3.